The Kier molecular flexibility index (Phi) is 5.71. The first-order chi connectivity index (χ1) is 20.1. The second-order valence-corrected chi connectivity index (χ2v) is 12.1. The standard InChI is InChI=1S/C34H35N5O2/c1-41-30-17-25(34(40)38-20-24-13-14-28(38)31(24)35)15-26-32(30)39(19-21-7-3-2-4-8-21)33(36-26)29-16-23-9-5-6-10-27(23)37(29)18-22-11-12-22/h2-10,15-17,22,24,28,31H,11-14,18-20,35H2,1H3/t24-,28-,31-/m1/s1. The number of imidazole rings is 1. The summed E-state index contributed by atoms with van der Waals surface area (Å²) in [6.07, 6.45) is 4.64. The van der Waals surface area contributed by atoms with Crippen molar-refractivity contribution in [2.75, 3.05) is 13.7 Å². The van der Waals surface area contributed by atoms with Crippen molar-refractivity contribution in [1.82, 2.24) is 19.0 Å². The van der Waals surface area contributed by atoms with E-state index in [0.717, 1.165) is 48.5 Å². The van der Waals surface area contributed by atoms with Gasteiger partial charge in [-0.3, -0.25) is 4.79 Å². The molecule has 2 aromatic heterocycles. The number of likely N-dealkylation sites (tertiary alicyclic amines) is 1. The van der Waals surface area contributed by atoms with Gasteiger partial charge < -0.3 is 24.5 Å². The van der Waals surface area contributed by atoms with Crippen LogP contribution in [0.3, 0.4) is 0 Å². The number of aromatic nitrogens is 3. The summed E-state index contributed by atoms with van der Waals surface area (Å²) in [6, 6.07) is 25.4. The molecule has 1 aliphatic heterocycles. The minimum absolute atomic E-state index is 0.0230. The van der Waals surface area contributed by atoms with Gasteiger partial charge in [0, 0.05) is 48.2 Å². The number of carbonyl (C=O) groups excluding carboxylic acids is 1. The number of hydrogen-bond donors (Lipinski definition) is 1. The highest BCUT2D eigenvalue weighted by molar-refractivity contribution is 6.00. The third-order valence-electron chi connectivity index (χ3n) is 9.55. The molecule has 0 radical (unpaired) electrons. The third kappa shape index (κ3) is 4.05. The molecular weight excluding hydrogens is 510 g/mol. The van der Waals surface area contributed by atoms with E-state index in [0.29, 0.717) is 29.7 Å². The molecule has 2 N–H and O–H groups in total. The number of amides is 1. The highest BCUT2D eigenvalue weighted by Gasteiger charge is 2.47. The molecule has 3 fully saturated rings. The lowest BCUT2D eigenvalue weighted by Gasteiger charge is -2.27. The zero-order valence-electron chi connectivity index (χ0n) is 23.4. The molecule has 3 aromatic carbocycles. The predicted molar refractivity (Wildman–Crippen MR) is 161 cm³/mol. The highest BCUT2D eigenvalue weighted by Crippen LogP contribution is 2.40. The van der Waals surface area contributed by atoms with Gasteiger partial charge in [0.25, 0.3) is 5.91 Å². The van der Waals surface area contributed by atoms with Crippen LogP contribution in [0.1, 0.15) is 41.6 Å². The molecule has 2 bridgehead atoms. The van der Waals surface area contributed by atoms with E-state index in [2.05, 4.69) is 63.7 Å². The molecule has 8 rings (SSSR count). The Morgan fingerprint density at radius 3 is 2.51 bits per heavy atom. The van der Waals surface area contributed by atoms with Crippen molar-refractivity contribution in [1.29, 1.82) is 0 Å². The topological polar surface area (TPSA) is 78.3 Å². The minimum Gasteiger partial charge on any atom is -0.494 e. The molecule has 7 nitrogen and oxygen atoms in total. The van der Waals surface area contributed by atoms with E-state index in [1.807, 2.05) is 23.1 Å². The second-order valence-electron chi connectivity index (χ2n) is 12.1. The van der Waals surface area contributed by atoms with Crippen LogP contribution in [0, 0.1) is 11.8 Å². The van der Waals surface area contributed by atoms with Crippen molar-refractivity contribution >= 4 is 27.8 Å². The maximum Gasteiger partial charge on any atom is 0.254 e. The fourth-order valence-electron chi connectivity index (χ4n) is 7.22. The number of piperidine rings is 1. The van der Waals surface area contributed by atoms with Gasteiger partial charge in [0.05, 0.1) is 18.3 Å². The number of hydrogen-bond acceptors (Lipinski definition) is 4. The quantitative estimate of drug-likeness (QED) is 0.285. The molecular formula is C34H35N5O2. The highest BCUT2D eigenvalue weighted by atomic mass is 16.5. The van der Waals surface area contributed by atoms with E-state index in [1.54, 1.807) is 7.11 Å². The Morgan fingerprint density at radius 2 is 1.78 bits per heavy atom. The summed E-state index contributed by atoms with van der Waals surface area (Å²) in [5.41, 5.74) is 12.3. The van der Waals surface area contributed by atoms with Crippen LogP contribution in [0.5, 0.6) is 5.75 Å². The van der Waals surface area contributed by atoms with E-state index in [-0.39, 0.29) is 18.0 Å². The summed E-state index contributed by atoms with van der Waals surface area (Å²) >= 11 is 0. The average Bonchev–Trinajstić information content (AvgIpc) is 3.37. The van der Waals surface area contributed by atoms with Crippen LogP contribution >= 0.6 is 0 Å². The van der Waals surface area contributed by atoms with E-state index < -0.39 is 0 Å². The molecule has 0 unspecified atom stereocenters. The van der Waals surface area contributed by atoms with E-state index in [9.17, 15) is 4.79 Å². The van der Waals surface area contributed by atoms with Crippen LogP contribution in [-0.4, -0.2) is 50.7 Å². The Bertz CT molecular complexity index is 1780. The molecule has 2 saturated carbocycles. The first-order valence-electron chi connectivity index (χ1n) is 14.9. The molecule has 0 spiro atoms. The number of rotatable bonds is 7. The summed E-state index contributed by atoms with van der Waals surface area (Å²) in [5, 5.41) is 1.21. The zero-order valence-corrected chi connectivity index (χ0v) is 23.4. The monoisotopic (exact) mass is 545 g/mol. The molecule has 3 atom stereocenters. The number of methoxy groups -OCH3 is 1. The number of fused-ring (bicyclic) bond motifs is 4. The van der Waals surface area contributed by atoms with E-state index >= 15 is 0 Å². The number of carbonyl (C=O) groups is 1. The molecule has 5 aromatic rings. The number of nitrogens with two attached hydrogens (primary N) is 1. The fourth-order valence-corrected chi connectivity index (χ4v) is 7.22. The van der Waals surface area contributed by atoms with Gasteiger partial charge in [-0.05, 0) is 67.3 Å². The smallest absolute Gasteiger partial charge is 0.254 e. The Morgan fingerprint density at radius 1 is 0.976 bits per heavy atom. The molecule has 208 valence electrons. The van der Waals surface area contributed by atoms with Gasteiger partial charge in [-0.2, -0.15) is 0 Å². The molecule has 3 aliphatic rings. The average molecular weight is 546 g/mol. The summed E-state index contributed by atoms with van der Waals surface area (Å²) in [5.74, 6) is 2.69. The SMILES string of the molecule is COc1cc(C(=O)N2C[C@H]3CC[C@@H]2[C@@H]3N)cc2nc(-c3cc4ccccc4n3CC3CC3)n(Cc3ccccc3)c12. The van der Waals surface area contributed by atoms with Gasteiger partial charge in [-0.1, -0.05) is 48.5 Å². The summed E-state index contributed by atoms with van der Waals surface area (Å²) < 4.78 is 10.7. The number of ether oxygens (including phenoxy) is 1. The third-order valence-corrected chi connectivity index (χ3v) is 9.55. The Labute approximate surface area is 239 Å². The van der Waals surface area contributed by atoms with Crippen LogP contribution in [0.2, 0.25) is 0 Å². The van der Waals surface area contributed by atoms with Crippen molar-refractivity contribution in [3.8, 4) is 17.3 Å². The molecule has 1 saturated heterocycles. The molecule has 3 heterocycles. The Balaban J connectivity index is 1.31. The van der Waals surface area contributed by atoms with Gasteiger partial charge >= 0.3 is 0 Å². The predicted octanol–water partition coefficient (Wildman–Crippen LogP) is 5.69. The lowest BCUT2D eigenvalue weighted by atomic mass is 10.1. The summed E-state index contributed by atoms with van der Waals surface area (Å²) in [6.45, 7) is 2.36. The number of nitrogens with zero attached hydrogens (tertiary/aromatic N) is 4. The molecule has 1 amide bonds. The van der Waals surface area contributed by atoms with Crippen molar-refractivity contribution < 1.29 is 9.53 Å². The summed E-state index contributed by atoms with van der Waals surface area (Å²) in [4.78, 5) is 21.1. The van der Waals surface area contributed by atoms with Crippen molar-refractivity contribution in [2.24, 2.45) is 17.6 Å². The van der Waals surface area contributed by atoms with Crippen LogP contribution < -0.4 is 10.5 Å². The van der Waals surface area contributed by atoms with Crippen molar-refractivity contribution in [2.45, 2.75) is 50.9 Å². The lowest BCUT2D eigenvalue weighted by Crippen LogP contribution is -2.41. The number of benzene rings is 3. The maximum atomic E-state index is 13.8. The van der Waals surface area contributed by atoms with Gasteiger partial charge in [-0.25, -0.2) is 4.98 Å². The molecule has 2 aliphatic carbocycles. The molecule has 41 heavy (non-hydrogen) atoms. The van der Waals surface area contributed by atoms with Gasteiger partial charge in [-0.15, -0.1) is 0 Å². The number of para-hydroxylation sites is 1. The first-order valence-corrected chi connectivity index (χ1v) is 14.9. The fraction of sp³-hybridized carbons (Fsp3) is 0.353. The van der Waals surface area contributed by atoms with E-state index in [4.69, 9.17) is 15.5 Å². The van der Waals surface area contributed by atoms with Crippen molar-refractivity contribution in [3.63, 3.8) is 0 Å². The largest absolute Gasteiger partial charge is 0.494 e. The van der Waals surface area contributed by atoms with Gasteiger partial charge in [0.15, 0.2) is 5.82 Å². The van der Waals surface area contributed by atoms with Crippen LogP contribution in [0.4, 0.5) is 0 Å². The Hall–Kier alpha value is -4.10. The van der Waals surface area contributed by atoms with E-state index in [1.165, 1.54) is 29.3 Å². The minimum atomic E-state index is 0.0230. The molecule has 7 heteroatoms. The van der Waals surface area contributed by atoms with Crippen LogP contribution in [0.25, 0.3) is 33.5 Å². The van der Waals surface area contributed by atoms with Crippen LogP contribution in [-0.2, 0) is 13.1 Å². The lowest BCUT2D eigenvalue weighted by molar-refractivity contribution is 0.0700. The van der Waals surface area contributed by atoms with Gasteiger partial charge in [0.1, 0.15) is 11.3 Å². The summed E-state index contributed by atoms with van der Waals surface area (Å²) in [7, 11) is 1.68. The maximum absolute atomic E-state index is 13.8. The zero-order chi connectivity index (χ0) is 27.7. The first kappa shape index (κ1) is 24.7. The second kappa shape index (κ2) is 9.48. The van der Waals surface area contributed by atoms with Crippen LogP contribution in [0.15, 0.2) is 72.8 Å². The normalized spacial score (nSPS) is 21.8. The van der Waals surface area contributed by atoms with Crippen molar-refractivity contribution in [3.05, 3.63) is 83.9 Å². The van der Waals surface area contributed by atoms with Gasteiger partial charge in [0.2, 0.25) is 0 Å².